The lowest BCUT2D eigenvalue weighted by atomic mass is 10.2. The quantitative estimate of drug-likeness (QED) is 0.258. The van der Waals surface area contributed by atoms with Crippen LogP contribution in [0, 0.1) is 13.8 Å². The highest BCUT2D eigenvalue weighted by Gasteiger charge is 2.10. The molecule has 2 aromatic heterocycles. The summed E-state index contributed by atoms with van der Waals surface area (Å²) in [5.74, 6) is 0.347. The van der Waals surface area contributed by atoms with Crippen LogP contribution in [0.4, 0.5) is 22.1 Å². The highest BCUT2D eigenvalue weighted by molar-refractivity contribution is 6.42. The molecule has 178 valence electrons. The third-order valence-electron chi connectivity index (χ3n) is 4.62. The highest BCUT2D eigenvalue weighted by atomic mass is 35.5. The fraction of sp³-hybridized carbons (Fsp3) is 0.130. The molecule has 0 aliphatic carbocycles. The number of carbonyl (C=O) groups excluding carboxylic acids is 1. The molecule has 0 fully saturated rings. The number of hydrogen-bond donors (Lipinski definition) is 3. The van der Waals surface area contributed by atoms with E-state index in [1.807, 2.05) is 44.2 Å². The maximum Gasteiger partial charge on any atom is 0.326 e. The van der Waals surface area contributed by atoms with Gasteiger partial charge in [0.25, 0.3) is 5.95 Å². The van der Waals surface area contributed by atoms with E-state index in [1.165, 1.54) is 6.33 Å². The summed E-state index contributed by atoms with van der Waals surface area (Å²) < 4.78 is 1.72. The van der Waals surface area contributed by atoms with Crippen molar-refractivity contribution in [1.29, 1.82) is 0 Å². The summed E-state index contributed by atoms with van der Waals surface area (Å²) in [5.41, 5.74) is 3.71. The number of benzene rings is 2. The minimum atomic E-state index is -0.540. The number of amides is 2. The van der Waals surface area contributed by atoms with Gasteiger partial charge in [-0.15, -0.1) is 0 Å². The molecule has 0 saturated carbocycles. The van der Waals surface area contributed by atoms with Gasteiger partial charge >= 0.3 is 6.03 Å². The van der Waals surface area contributed by atoms with Gasteiger partial charge in [-0.2, -0.15) is 10.1 Å². The van der Waals surface area contributed by atoms with Crippen molar-refractivity contribution in [3.63, 3.8) is 0 Å². The molecule has 0 saturated heterocycles. The lowest BCUT2D eigenvalue weighted by molar-refractivity contribution is 0.256. The Morgan fingerprint density at radius 1 is 0.943 bits per heavy atom. The molecule has 0 unspecified atom stereocenters. The smallest absolute Gasteiger partial charge is 0.326 e. The summed E-state index contributed by atoms with van der Waals surface area (Å²) in [7, 11) is 0. The molecule has 35 heavy (non-hydrogen) atoms. The van der Waals surface area contributed by atoms with E-state index in [9.17, 15) is 4.79 Å². The second kappa shape index (κ2) is 10.9. The number of aliphatic imine (C=N–C) groups is 1. The first-order valence-corrected chi connectivity index (χ1v) is 11.2. The minimum Gasteiger partial charge on any atom is -0.326 e. The van der Waals surface area contributed by atoms with Gasteiger partial charge in [0, 0.05) is 22.8 Å². The Morgan fingerprint density at radius 3 is 2.31 bits per heavy atom. The summed E-state index contributed by atoms with van der Waals surface area (Å²) in [6, 6.07) is 13.7. The number of nitrogens with zero attached hydrogens (tertiary/aromatic N) is 6. The number of urea groups is 1. The maximum atomic E-state index is 12.7. The second-order valence-corrected chi connectivity index (χ2v) is 8.35. The van der Waals surface area contributed by atoms with Crippen LogP contribution in [-0.2, 0) is 6.54 Å². The predicted molar refractivity (Wildman–Crippen MR) is 136 cm³/mol. The number of guanidine groups is 1. The molecule has 0 radical (unpaired) electrons. The summed E-state index contributed by atoms with van der Waals surface area (Å²) in [4.78, 5) is 29.7. The highest BCUT2D eigenvalue weighted by Crippen LogP contribution is 2.25. The van der Waals surface area contributed by atoms with E-state index in [1.54, 1.807) is 29.2 Å². The zero-order valence-electron chi connectivity index (χ0n) is 18.8. The average molecular weight is 510 g/mol. The van der Waals surface area contributed by atoms with Crippen molar-refractivity contribution < 1.29 is 4.79 Å². The van der Waals surface area contributed by atoms with Crippen LogP contribution in [-0.4, -0.2) is 36.7 Å². The second-order valence-electron chi connectivity index (χ2n) is 7.53. The molecule has 0 bridgehead atoms. The maximum absolute atomic E-state index is 12.7. The van der Waals surface area contributed by atoms with Gasteiger partial charge in [-0.25, -0.2) is 24.4 Å². The molecular weight excluding hydrogens is 489 g/mol. The molecule has 2 heterocycles. The molecule has 3 N–H and O–H groups in total. The Balaban J connectivity index is 1.53. The monoisotopic (exact) mass is 509 g/mol. The summed E-state index contributed by atoms with van der Waals surface area (Å²) in [6.07, 6.45) is 3.14. The number of halogens is 2. The van der Waals surface area contributed by atoms with Crippen molar-refractivity contribution >= 4 is 52.5 Å². The Morgan fingerprint density at radius 2 is 1.66 bits per heavy atom. The summed E-state index contributed by atoms with van der Waals surface area (Å²) in [6.45, 7) is 4.28. The lowest BCUT2D eigenvalue weighted by Crippen LogP contribution is -2.38. The van der Waals surface area contributed by atoms with E-state index in [-0.39, 0.29) is 11.9 Å². The van der Waals surface area contributed by atoms with Crippen molar-refractivity contribution in [2.45, 2.75) is 20.4 Å². The Labute approximate surface area is 211 Å². The van der Waals surface area contributed by atoms with E-state index in [4.69, 9.17) is 23.2 Å². The fourth-order valence-electron chi connectivity index (χ4n) is 3.12. The zero-order chi connectivity index (χ0) is 24.8. The van der Waals surface area contributed by atoms with Crippen LogP contribution in [0.5, 0.6) is 0 Å². The fourth-order valence-corrected chi connectivity index (χ4v) is 3.42. The topological polar surface area (TPSA) is 122 Å². The van der Waals surface area contributed by atoms with Crippen molar-refractivity contribution in [1.82, 2.24) is 30.0 Å². The van der Waals surface area contributed by atoms with E-state index < -0.39 is 6.03 Å². The number of anilines is 2. The molecule has 0 aliphatic rings. The number of aromatic nitrogens is 5. The molecule has 2 aromatic carbocycles. The summed E-state index contributed by atoms with van der Waals surface area (Å²) >= 11 is 12.0. The third-order valence-corrected chi connectivity index (χ3v) is 5.36. The van der Waals surface area contributed by atoms with Crippen molar-refractivity contribution in [3.05, 3.63) is 88.2 Å². The van der Waals surface area contributed by atoms with Crippen LogP contribution in [0.2, 0.25) is 10.0 Å². The Kier molecular flexibility index (Phi) is 7.54. The van der Waals surface area contributed by atoms with E-state index in [2.05, 4.69) is 41.0 Å². The van der Waals surface area contributed by atoms with Crippen LogP contribution >= 0.6 is 23.2 Å². The van der Waals surface area contributed by atoms with Crippen LogP contribution in [0.1, 0.15) is 17.0 Å². The van der Waals surface area contributed by atoms with Gasteiger partial charge in [-0.05, 0) is 55.8 Å². The van der Waals surface area contributed by atoms with Gasteiger partial charge in [0.05, 0.1) is 16.6 Å². The molecule has 2 amide bonds. The lowest BCUT2D eigenvalue weighted by Gasteiger charge is -2.13. The number of carbonyl (C=O) groups is 1. The first-order chi connectivity index (χ1) is 16.8. The van der Waals surface area contributed by atoms with Crippen LogP contribution < -0.4 is 16.0 Å². The van der Waals surface area contributed by atoms with Crippen molar-refractivity contribution in [3.8, 4) is 0 Å². The molecule has 10 nitrogen and oxygen atoms in total. The van der Waals surface area contributed by atoms with Crippen molar-refractivity contribution in [2.75, 3.05) is 10.6 Å². The first-order valence-electron chi connectivity index (χ1n) is 10.5. The van der Waals surface area contributed by atoms with E-state index in [0.717, 1.165) is 17.0 Å². The van der Waals surface area contributed by atoms with Gasteiger partial charge in [-0.3, -0.25) is 5.32 Å². The van der Waals surface area contributed by atoms with E-state index >= 15 is 0 Å². The van der Waals surface area contributed by atoms with Gasteiger partial charge in [-0.1, -0.05) is 35.3 Å². The average Bonchev–Trinajstić information content (AvgIpc) is 3.30. The SMILES string of the molecule is Cc1cc(C)nc(/N=C(\NC(=O)Nc2ccc(Cl)c(Cl)c2)Nc2ccc(Cn3cncn3)cc2)n1. The Bertz CT molecular complexity index is 1340. The summed E-state index contributed by atoms with van der Waals surface area (Å²) in [5, 5.41) is 13.3. The molecule has 4 aromatic rings. The van der Waals surface area contributed by atoms with Gasteiger partial charge < -0.3 is 10.6 Å². The largest absolute Gasteiger partial charge is 0.326 e. The third kappa shape index (κ3) is 6.98. The van der Waals surface area contributed by atoms with Crippen molar-refractivity contribution in [2.24, 2.45) is 4.99 Å². The predicted octanol–water partition coefficient (Wildman–Crippen LogP) is 4.96. The number of nitrogens with one attached hydrogen (secondary N) is 3. The molecule has 0 aliphatic heterocycles. The van der Waals surface area contributed by atoms with Gasteiger partial charge in [0.15, 0.2) is 0 Å². The minimum absolute atomic E-state index is 0.136. The van der Waals surface area contributed by atoms with Gasteiger partial charge in [0.1, 0.15) is 12.7 Å². The van der Waals surface area contributed by atoms with Gasteiger partial charge in [0.2, 0.25) is 5.96 Å². The number of rotatable bonds is 5. The van der Waals surface area contributed by atoms with Crippen LogP contribution in [0.15, 0.2) is 66.2 Å². The standard InChI is InChI=1S/C23H21Cl2N9O/c1-14-9-15(2)29-21(28-14)32-22(33-23(35)31-18-7-8-19(24)20(25)10-18)30-17-5-3-16(4-6-17)11-34-13-26-12-27-34/h3-10,12-13H,11H2,1-2H3,(H3,28,29,30,31,32,33,35). The zero-order valence-corrected chi connectivity index (χ0v) is 20.3. The number of hydrogen-bond acceptors (Lipinski definition) is 6. The molecule has 12 heteroatoms. The van der Waals surface area contributed by atoms with Crippen LogP contribution in [0.3, 0.4) is 0 Å². The molecule has 0 spiro atoms. The normalized spacial score (nSPS) is 11.3. The number of aryl methyl sites for hydroxylation is 2. The molecule has 4 rings (SSSR count). The first kappa shape index (κ1) is 24.1. The Hall–Kier alpha value is -4.02. The van der Waals surface area contributed by atoms with Crippen LogP contribution in [0.25, 0.3) is 0 Å². The molecule has 0 atom stereocenters. The van der Waals surface area contributed by atoms with E-state index in [0.29, 0.717) is 28.0 Å². The molecular formula is C23H21Cl2N9O.